The molecule has 0 heterocycles. The number of hydrogen-bond acceptors (Lipinski definition) is 0. The third kappa shape index (κ3) is 2.02. The van der Waals surface area contributed by atoms with Crippen LogP contribution in [-0.4, -0.2) is 0 Å². The van der Waals surface area contributed by atoms with Gasteiger partial charge in [0.15, 0.2) is 0 Å². The molecule has 0 saturated heterocycles. The Balaban J connectivity index is 2.52. The molecule has 0 aromatic carbocycles. The highest BCUT2D eigenvalue weighted by Gasteiger charge is 2.04. The molecule has 1 aliphatic carbocycles. The predicted molar refractivity (Wildman–Crippen MR) is 45.9 cm³/mol. The molecule has 0 aromatic heterocycles. The smallest absolute Gasteiger partial charge is 0.0256 e. The highest BCUT2D eigenvalue weighted by Crippen LogP contribution is 2.20. The van der Waals surface area contributed by atoms with Crippen LogP contribution in [0.2, 0.25) is 0 Å². The first kappa shape index (κ1) is 7.59. The van der Waals surface area contributed by atoms with Gasteiger partial charge in [-0.1, -0.05) is 37.6 Å². The lowest BCUT2D eigenvalue weighted by Crippen LogP contribution is -1.96. The standard InChI is InChI=1S/C10H16/c1-3-4-10-7-5-9(2)6-8-10/h4-5,7,9H,3,6,8H2,1-2H3/b10-4-. The second-order valence-corrected chi connectivity index (χ2v) is 3.06. The molecule has 1 unspecified atom stereocenters. The van der Waals surface area contributed by atoms with Crippen molar-refractivity contribution >= 4 is 0 Å². The van der Waals surface area contributed by atoms with Crippen LogP contribution >= 0.6 is 0 Å². The molecule has 0 nitrogen and oxygen atoms in total. The normalized spacial score (nSPS) is 29.4. The predicted octanol–water partition coefficient (Wildman–Crippen LogP) is 3.31. The quantitative estimate of drug-likeness (QED) is 0.518. The van der Waals surface area contributed by atoms with Gasteiger partial charge in [-0.25, -0.2) is 0 Å². The van der Waals surface area contributed by atoms with Gasteiger partial charge >= 0.3 is 0 Å². The maximum Gasteiger partial charge on any atom is -0.0256 e. The second-order valence-electron chi connectivity index (χ2n) is 3.06. The monoisotopic (exact) mass is 136 g/mol. The molecule has 1 rings (SSSR count). The molecule has 10 heavy (non-hydrogen) atoms. The summed E-state index contributed by atoms with van der Waals surface area (Å²) in [5.74, 6) is 0.800. The van der Waals surface area contributed by atoms with Crippen LogP contribution in [0.4, 0.5) is 0 Å². The Morgan fingerprint density at radius 3 is 3.00 bits per heavy atom. The minimum absolute atomic E-state index is 0.800. The van der Waals surface area contributed by atoms with E-state index in [0.29, 0.717) is 0 Å². The largest absolute Gasteiger partial charge is 0.0816 e. The van der Waals surface area contributed by atoms with Gasteiger partial charge in [0.1, 0.15) is 0 Å². The molecule has 0 radical (unpaired) electrons. The molecular weight excluding hydrogens is 120 g/mol. The third-order valence-corrected chi connectivity index (χ3v) is 1.99. The molecule has 0 heteroatoms. The first-order valence-electron chi connectivity index (χ1n) is 4.20. The fourth-order valence-electron chi connectivity index (χ4n) is 1.29. The highest BCUT2D eigenvalue weighted by atomic mass is 14.1. The molecular formula is C10H16. The van der Waals surface area contributed by atoms with Crippen LogP contribution in [0.25, 0.3) is 0 Å². The van der Waals surface area contributed by atoms with Crippen molar-refractivity contribution in [2.24, 2.45) is 5.92 Å². The zero-order valence-electron chi connectivity index (χ0n) is 6.93. The average Bonchev–Trinajstić information content (AvgIpc) is 1.95. The van der Waals surface area contributed by atoms with Crippen molar-refractivity contribution in [3.8, 4) is 0 Å². The van der Waals surface area contributed by atoms with Crippen molar-refractivity contribution in [1.82, 2.24) is 0 Å². The SMILES string of the molecule is CC/C=C1/C=CC(C)CC1. The van der Waals surface area contributed by atoms with Gasteiger partial charge in [-0.15, -0.1) is 0 Å². The fourth-order valence-corrected chi connectivity index (χ4v) is 1.29. The molecule has 1 aliphatic rings. The van der Waals surface area contributed by atoms with E-state index in [1.165, 1.54) is 24.8 Å². The van der Waals surface area contributed by atoms with Gasteiger partial charge < -0.3 is 0 Å². The lowest BCUT2D eigenvalue weighted by Gasteiger charge is -2.12. The molecule has 0 fully saturated rings. The molecule has 0 saturated carbocycles. The number of allylic oxidation sites excluding steroid dienone is 4. The lowest BCUT2D eigenvalue weighted by molar-refractivity contribution is 0.630. The van der Waals surface area contributed by atoms with Gasteiger partial charge in [-0.05, 0) is 25.2 Å². The van der Waals surface area contributed by atoms with Gasteiger partial charge in [0, 0.05) is 0 Å². The molecule has 56 valence electrons. The van der Waals surface area contributed by atoms with Crippen LogP contribution < -0.4 is 0 Å². The Labute approximate surface area is 63.6 Å². The summed E-state index contributed by atoms with van der Waals surface area (Å²) in [5, 5.41) is 0. The minimum Gasteiger partial charge on any atom is -0.0816 e. The molecule has 0 bridgehead atoms. The maximum atomic E-state index is 2.32. The van der Waals surface area contributed by atoms with E-state index in [1.54, 1.807) is 0 Å². The fraction of sp³-hybridized carbons (Fsp3) is 0.600. The summed E-state index contributed by atoms with van der Waals surface area (Å²) in [7, 11) is 0. The molecule has 0 spiro atoms. The first-order chi connectivity index (χ1) is 4.83. The summed E-state index contributed by atoms with van der Waals surface area (Å²) in [5.41, 5.74) is 1.53. The van der Waals surface area contributed by atoms with Crippen LogP contribution in [0.1, 0.15) is 33.1 Å². The molecule has 1 atom stereocenters. The summed E-state index contributed by atoms with van der Waals surface area (Å²) in [6.45, 7) is 4.47. The Morgan fingerprint density at radius 1 is 1.70 bits per heavy atom. The number of rotatable bonds is 1. The van der Waals surface area contributed by atoms with Gasteiger partial charge in [0.2, 0.25) is 0 Å². The van der Waals surface area contributed by atoms with Crippen LogP contribution in [-0.2, 0) is 0 Å². The van der Waals surface area contributed by atoms with Crippen molar-refractivity contribution in [1.29, 1.82) is 0 Å². The van der Waals surface area contributed by atoms with E-state index in [9.17, 15) is 0 Å². The Bertz CT molecular complexity index is 151. The second kappa shape index (κ2) is 3.60. The van der Waals surface area contributed by atoms with E-state index in [4.69, 9.17) is 0 Å². The van der Waals surface area contributed by atoms with Crippen molar-refractivity contribution in [2.75, 3.05) is 0 Å². The summed E-state index contributed by atoms with van der Waals surface area (Å²) in [6, 6.07) is 0. The van der Waals surface area contributed by atoms with Crippen LogP contribution in [0.15, 0.2) is 23.8 Å². The van der Waals surface area contributed by atoms with E-state index in [0.717, 1.165) is 5.92 Å². The van der Waals surface area contributed by atoms with Crippen molar-refractivity contribution in [3.05, 3.63) is 23.8 Å². The van der Waals surface area contributed by atoms with E-state index in [-0.39, 0.29) is 0 Å². The molecule has 0 aromatic rings. The van der Waals surface area contributed by atoms with Gasteiger partial charge in [0.05, 0.1) is 0 Å². The van der Waals surface area contributed by atoms with E-state index in [2.05, 4.69) is 32.1 Å². The van der Waals surface area contributed by atoms with Crippen LogP contribution in [0.3, 0.4) is 0 Å². The van der Waals surface area contributed by atoms with Gasteiger partial charge in [0.25, 0.3) is 0 Å². The summed E-state index contributed by atoms with van der Waals surface area (Å²) < 4.78 is 0. The van der Waals surface area contributed by atoms with E-state index in [1.807, 2.05) is 0 Å². The molecule has 0 aliphatic heterocycles. The zero-order chi connectivity index (χ0) is 7.40. The highest BCUT2D eigenvalue weighted by molar-refractivity contribution is 5.21. The van der Waals surface area contributed by atoms with Gasteiger partial charge in [-0.2, -0.15) is 0 Å². The average molecular weight is 136 g/mol. The van der Waals surface area contributed by atoms with Crippen LogP contribution in [0.5, 0.6) is 0 Å². The summed E-state index contributed by atoms with van der Waals surface area (Å²) in [6.07, 6.45) is 10.7. The van der Waals surface area contributed by atoms with Crippen molar-refractivity contribution < 1.29 is 0 Å². The van der Waals surface area contributed by atoms with Gasteiger partial charge in [-0.3, -0.25) is 0 Å². The first-order valence-corrected chi connectivity index (χ1v) is 4.20. The van der Waals surface area contributed by atoms with Crippen molar-refractivity contribution in [2.45, 2.75) is 33.1 Å². The summed E-state index contributed by atoms with van der Waals surface area (Å²) >= 11 is 0. The Hall–Kier alpha value is -0.520. The lowest BCUT2D eigenvalue weighted by atomic mass is 9.94. The Morgan fingerprint density at radius 2 is 2.50 bits per heavy atom. The maximum absolute atomic E-state index is 2.32. The van der Waals surface area contributed by atoms with E-state index < -0.39 is 0 Å². The number of hydrogen-bond donors (Lipinski definition) is 0. The zero-order valence-corrected chi connectivity index (χ0v) is 6.93. The Kier molecular flexibility index (Phi) is 2.73. The summed E-state index contributed by atoms with van der Waals surface area (Å²) in [4.78, 5) is 0. The third-order valence-electron chi connectivity index (χ3n) is 1.99. The van der Waals surface area contributed by atoms with E-state index >= 15 is 0 Å². The molecule has 0 N–H and O–H groups in total. The topological polar surface area (TPSA) is 0 Å². The van der Waals surface area contributed by atoms with Crippen LogP contribution in [0, 0.1) is 5.92 Å². The minimum atomic E-state index is 0.800. The molecule has 0 amide bonds. The van der Waals surface area contributed by atoms with Crippen molar-refractivity contribution in [3.63, 3.8) is 0 Å².